The molecule has 0 bridgehead atoms. The molecule has 2 aromatic rings. The van der Waals surface area contributed by atoms with E-state index in [1.165, 1.54) is 6.08 Å². The van der Waals surface area contributed by atoms with Crippen molar-refractivity contribution in [3.8, 4) is 0 Å². The molecule has 1 heterocycles. The molecule has 0 saturated heterocycles. The van der Waals surface area contributed by atoms with Crippen LogP contribution in [0.2, 0.25) is 0 Å². The van der Waals surface area contributed by atoms with Gasteiger partial charge in [-0.25, -0.2) is 0 Å². The molecular weight excluding hydrogens is 258 g/mol. The van der Waals surface area contributed by atoms with Gasteiger partial charge in [-0.3, -0.25) is 9.59 Å². The van der Waals surface area contributed by atoms with E-state index >= 15 is 0 Å². The zero-order valence-electron chi connectivity index (χ0n) is 10.2. The highest BCUT2D eigenvalue weighted by atomic mass is 32.1. The number of ketones is 1. The number of thiophene rings is 1. The van der Waals surface area contributed by atoms with E-state index in [1.54, 1.807) is 17.4 Å². The molecule has 0 atom stereocenters. The summed E-state index contributed by atoms with van der Waals surface area (Å²) in [7, 11) is 0. The van der Waals surface area contributed by atoms with Crippen molar-refractivity contribution in [3.63, 3.8) is 0 Å². The molecule has 1 aromatic heterocycles. The van der Waals surface area contributed by atoms with Gasteiger partial charge in [0.15, 0.2) is 0 Å². The summed E-state index contributed by atoms with van der Waals surface area (Å²) >= 11 is 1.54. The lowest BCUT2D eigenvalue weighted by Gasteiger charge is -1.99. The Balaban J connectivity index is 1.86. The Labute approximate surface area is 115 Å². The topological polar surface area (TPSA) is 46.2 Å². The summed E-state index contributed by atoms with van der Waals surface area (Å²) < 4.78 is 0. The minimum Gasteiger partial charge on any atom is -0.344 e. The van der Waals surface area contributed by atoms with Gasteiger partial charge >= 0.3 is 0 Å². The molecule has 0 saturated carbocycles. The van der Waals surface area contributed by atoms with Gasteiger partial charge in [0.1, 0.15) is 0 Å². The lowest BCUT2D eigenvalue weighted by molar-refractivity contribution is -0.135. The summed E-state index contributed by atoms with van der Waals surface area (Å²) in [6, 6.07) is 13.2. The van der Waals surface area contributed by atoms with Gasteiger partial charge in [0.2, 0.25) is 5.78 Å². The van der Waals surface area contributed by atoms with Crippen molar-refractivity contribution >= 4 is 29.1 Å². The van der Waals surface area contributed by atoms with Gasteiger partial charge in [-0.1, -0.05) is 42.5 Å². The number of benzene rings is 1. The highest BCUT2D eigenvalue weighted by Crippen LogP contribution is 2.07. The molecule has 0 fully saturated rings. The lowest BCUT2D eigenvalue weighted by atomic mass is 10.2. The fraction of sp³-hybridized carbons (Fsp3) is 0.0667. The molecule has 96 valence electrons. The molecule has 0 radical (unpaired) electrons. The highest BCUT2D eigenvalue weighted by Gasteiger charge is 2.09. The number of rotatable bonds is 5. The Morgan fingerprint density at radius 3 is 2.58 bits per heavy atom. The van der Waals surface area contributed by atoms with Crippen molar-refractivity contribution in [3.05, 3.63) is 64.4 Å². The third kappa shape index (κ3) is 4.19. The maximum Gasteiger partial charge on any atom is 0.292 e. The Bertz CT molecular complexity index is 573. The van der Waals surface area contributed by atoms with Crippen LogP contribution in [0.15, 0.2) is 53.9 Å². The van der Waals surface area contributed by atoms with Crippen molar-refractivity contribution < 1.29 is 9.59 Å². The van der Waals surface area contributed by atoms with Crippen molar-refractivity contribution in [1.29, 1.82) is 0 Å². The smallest absolute Gasteiger partial charge is 0.292 e. The van der Waals surface area contributed by atoms with Crippen LogP contribution in [0.4, 0.5) is 0 Å². The summed E-state index contributed by atoms with van der Waals surface area (Å²) in [5.74, 6) is -1.12. The zero-order chi connectivity index (χ0) is 13.5. The van der Waals surface area contributed by atoms with E-state index in [0.717, 1.165) is 10.4 Å². The fourth-order valence-electron chi connectivity index (χ4n) is 1.48. The molecule has 3 nitrogen and oxygen atoms in total. The van der Waals surface area contributed by atoms with E-state index in [4.69, 9.17) is 0 Å². The van der Waals surface area contributed by atoms with Crippen molar-refractivity contribution in [2.75, 3.05) is 0 Å². The largest absolute Gasteiger partial charge is 0.344 e. The number of amides is 1. The Kier molecular flexibility index (Phi) is 4.64. The Morgan fingerprint density at radius 2 is 1.89 bits per heavy atom. The molecule has 0 aliphatic carbocycles. The number of nitrogens with one attached hydrogen (secondary N) is 1. The zero-order valence-corrected chi connectivity index (χ0v) is 11.0. The first-order valence-corrected chi connectivity index (χ1v) is 6.71. The minimum atomic E-state index is -0.583. The van der Waals surface area contributed by atoms with Crippen LogP contribution in [-0.2, 0) is 16.1 Å². The highest BCUT2D eigenvalue weighted by molar-refractivity contribution is 7.09. The number of hydrogen-bond donors (Lipinski definition) is 1. The van der Waals surface area contributed by atoms with Crippen molar-refractivity contribution in [1.82, 2.24) is 5.32 Å². The Morgan fingerprint density at radius 1 is 1.11 bits per heavy atom. The second kappa shape index (κ2) is 6.66. The first-order chi connectivity index (χ1) is 9.25. The molecule has 19 heavy (non-hydrogen) atoms. The average molecular weight is 271 g/mol. The normalized spacial score (nSPS) is 10.5. The summed E-state index contributed by atoms with van der Waals surface area (Å²) in [6.45, 7) is 0.390. The van der Waals surface area contributed by atoms with E-state index in [2.05, 4.69) is 5.32 Å². The molecule has 0 spiro atoms. The van der Waals surface area contributed by atoms with E-state index in [1.807, 2.05) is 47.8 Å². The first kappa shape index (κ1) is 13.2. The molecule has 0 unspecified atom stereocenters. The van der Waals surface area contributed by atoms with Gasteiger partial charge in [0, 0.05) is 4.88 Å². The maximum atomic E-state index is 11.6. The van der Waals surface area contributed by atoms with Crippen LogP contribution in [0.3, 0.4) is 0 Å². The summed E-state index contributed by atoms with van der Waals surface area (Å²) in [6.07, 6.45) is 2.92. The van der Waals surface area contributed by atoms with E-state index in [-0.39, 0.29) is 0 Å². The SMILES string of the molecule is O=C(/C=C/c1ccccc1)C(=O)NCc1cccs1. The van der Waals surface area contributed by atoms with Crippen LogP contribution in [0.1, 0.15) is 10.4 Å². The summed E-state index contributed by atoms with van der Waals surface area (Å²) in [5.41, 5.74) is 0.891. The van der Waals surface area contributed by atoms with Gasteiger partial charge in [-0.15, -0.1) is 11.3 Å². The van der Waals surface area contributed by atoms with Crippen LogP contribution in [0.25, 0.3) is 6.08 Å². The van der Waals surface area contributed by atoms with E-state index in [9.17, 15) is 9.59 Å². The average Bonchev–Trinajstić information content (AvgIpc) is 2.96. The predicted molar refractivity (Wildman–Crippen MR) is 76.6 cm³/mol. The summed E-state index contributed by atoms with van der Waals surface area (Å²) in [4.78, 5) is 24.2. The molecule has 2 rings (SSSR count). The predicted octanol–water partition coefficient (Wildman–Crippen LogP) is 2.65. The number of hydrogen-bond acceptors (Lipinski definition) is 3. The maximum absolute atomic E-state index is 11.6. The van der Waals surface area contributed by atoms with Crippen molar-refractivity contribution in [2.45, 2.75) is 6.54 Å². The molecule has 4 heteroatoms. The van der Waals surface area contributed by atoms with Crippen LogP contribution >= 0.6 is 11.3 Å². The molecule has 1 N–H and O–H groups in total. The fourth-order valence-corrected chi connectivity index (χ4v) is 2.12. The van der Waals surface area contributed by atoms with Gasteiger partial charge < -0.3 is 5.32 Å². The number of carbonyl (C=O) groups is 2. The molecule has 1 aromatic carbocycles. The van der Waals surface area contributed by atoms with E-state index < -0.39 is 11.7 Å². The third-order valence-electron chi connectivity index (χ3n) is 2.45. The minimum absolute atomic E-state index is 0.390. The standard InChI is InChI=1S/C15H13NO2S/c17-14(9-8-12-5-2-1-3-6-12)15(18)16-11-13-7-4-10-19-13/h1-10H,11H2,(H,16,18)/b9-8+. The van der Waals surface area contributed by atoms with Gasteiger partial charge in [0.05, 0.1) is 6.54 Å². The molecular formula is C15H13NO2S. The molecule has 0 aliphatic heterocycles. The van der Waals surface area contributed by atoms with Gasteiger partial charge in [-0.2, -0.15) is 0 Å². The van der Waals surface area contributed by atoms with Crippen LogP contribution in [0.5, 0.6) is 0 Å². The second-order valence-electron chi connectivity index (χ2n) is 3.87. The Hall–Kier alpha value is -2.20. The molecule has 0 aliphatic rings. The molecule has 1 amide bonds. The van der Waals surface area contributed by atoms with Crippen molar-refractivity contribution in [2.24, 2.45) is 0 Å². The second-order valence-corrected chi connectivity index (χ2v) is 4.90. The van der Waals surface area contributed by atoms with Gasteiger partial charge in [-0.05, 0) is 23.1 Å². The number of carbonyl (C=O) groups excluding carboxylic acids is 2. The van der Waals surface area contributed by atoms with Crippen LogP contribution in [-0.4, -0.2) is 11.7 Å². The lowest BCUT2D eigenvalue weighted by Crippen LogP contribution is -2.28. The quantitative estimate of drug-likeness (QED) is 0.671. The first-order valence-electron chi connectivity index (χ1n) is 5.83. The van der Waals surface area contributed by atoms with Crippen LogP contribution in [0, 0.1) is 0 Å². The summed E-state index contributed by atoms with van der Waals surface area (Å²) in [5, 5.41) is 4.52. The monoisotopic (exact) mass is 271 g/mol. The van der Waals surface area contributed by atoms with Gasteiger partial charge in [0.25, 0.3) is 5.91 Å². The van der Waals surface area contributed by atoms with Crippen LogP contribution < -0.4 is 5.32 Å². The van der Waals surface area contributed by atoms with E-state index in [0.29, 0.717) is 6.54 Å². The third-order valence-corrected chi connectivity index (χ3v) is 3.33.